The zero-order chi connectivity index (χ0) is 10.7. The van der Waals surface area contributed by atoms with Gasteiger partial charge in [-0.15, -0.1) is 0 Å². The summed E-state index contributed by atoms with van der Waals surface area (Å²) in [4.78, 5) is 17.1. The van der Waals surface area contributed by atoms with Crippen molar-refractivity contribution in [3.63, 3.8) is 0 Å². The number of nitrogens with one attached hydrogen (secondary N) is 1. The number of carbonyl (C=O) groups is 1. The second-order valence-corrected chi connectivity index (χ2v) is 4.21. The van der Waals surface area contributed by atoms with E-state index in [1.807, 2.05) is 12.1 Å². The molecule has 0 bridgehead atoms. The van der Waals surface area contributed by atoms with Crippen LogP contribution in [0.25, 0.3) is 0 Å². The molecule has 0 aromatic carbocycles. The van der Waals surface area contributed by atoms with Crippen molar-refractivity contribution in [3.8, 4) is 0 Å². The van der Waals surface area contributed by atoms with Gasteiger partial charge in [0.25, 0.3) is 0 Å². The third-order valence-corrected chi connectivity index (χ3v) is 2.82. The fraction of sp³-hybridized carbons (Fsp3) is 0.583. The zero-order valence-corrected chi connectivity index (χ0v) is 9.20. The Balaban J connectivity index is 1.91. The molecular formula is C12H18N2O. The predicted octanol–water partition coefficient (Wildman–Crippen LogP) is 2.07. The molecule has 0 radical (unpaired) electrons. The number of H-pyrrole nitrogens is 1. The van der Waals surface area contributed by atoms with Crippen molar-refractivity contribution < 1.29 is 4.79 Å². The van der Waals surface area contributed by atoms with Crippen molar-refractivity contribution in [2.45, 2.75) is 32.2 Å². The minimum Gasteiger partial charge on any atom is -0.359 e. The summed E-state index contributed by atoms with van der Waals surface area (Å²) >= 11 is 0. The number of hydrogen-bond acceptors (Lipinski definition) is 2. The number of rotatable bonds is 6. The van der Waals surface area contributed by atoms with E-state index in [1.54, 1.807) is 6.20 Å². The lowest BCUT2D eigenvalue weighted by atomic mass is 10.2. The van der Waals surface area contributed by atoms with Gasteiger partial charge in [0.05, 0.1) is 12.2 Å². The van der Waals surface area contributed by atoms with Crippen molar-refractivity contribution in [1.82, 2.24) is 9.88 Å². The van der Waals surface area contributed by atoms with Gasteiger partial charge >= 0.3 is 0 Å². The fourth-order valence-corrected chi connectivity index (χ4v) is 1.89. The highest BCUT2D eigenvalue weighted by Crippen LogP contribution is 2.26. The molecule has 0 amide bonds. The molecule has 0 unspecified atom stereocenters. The monoisotopic (exact) mass is 206 g/mol. The lowest BCUT2D eigenvalue weighted by Crippen LogP contribution is -2.32. The Kier molecular flexibility index (Phi) is 3.21. The van der Waals surface area contributed by atoms with Gasteiger partial charge in [-0.3, -0.25) is 9.69 Å². The first-order valence-electron chi connectivity index (χ1n) is 5.72. The molecule has 1 heterocycles. The molecule has 0 aliphatic heterocycles. The summed E-state index contributed by atoms with van der Waals surface area (Å²) in [6.45, 7) is 3.77. The average Bonchev–Trinajstić information content (AvgIpc) is 2.92. The Morgan fingerprint density at radius 3 is 2.93 bits per heavy atom. The Bertz CT molecular complexity index is 314. The maximum atomic E-state index is 11.9. The van der Waals surface area contributed by atoms with E-state index in [1.165, 1.54) is 12.8 Å². The molecule has 3 nitrogen and oxygen atoms in total. The molecule has 1 saturated carbocycles. The van der Waals surface area contributed by atoms with Crippen LogP contribution in [-0.4, -0.2) is 34.8 Å². The smallest absolute Gasteiger partial charge is 0.192 e. The first kappa shape index (κ1) is 10.4. The Hall–Kier alpha value is -1.09. The van der Waals surface area contributed by atoms with Crippen LogP contribution < -0.4 is 0 Å². The molecule has 1 fully saturated rings. The summed E-state index contributed by atoms with van der Waals surface area (Å²) in [7, 11) is 0. The highest BCUT2D eigenvalue weighted by Gasteiger charge is 2.29. The lowest BCUT2D eigenvalue weighted by Gasteiger charge is -2.19. The van der Waals surface area contributed by atoms with Crippen LogP contribution in [0.4, 0.5) is 0 Å². The first-order valence-corrected chi connectivity index (χ1v) is 5.72. The van der Waals surface area contributed by atoms with E-state index >= 15 is 0 Å². The van der Waals surface area contributed by atoms with E-state index in [-0.39, 0.29) is 5.78 Å². The largest absolute Gasteiger partial charge is 0.359 e. The Labute approximate surface area is 90.5 Å². The van der Waals surface area contributed by atoms with E-state index in [4.69, 9.17) is 0 Å². The molecule has 0 atom stereocenters. The lowest BCUT2D eigenvalue weighted by molar-refractivity contribution is 0.0920. The number of nitrogens with zero attached hydrogens (tertiary/aromatic N) is 1. The van der Waals surface area contributed by atoms with Crippen molar-refractivity contribution in [3.05, 3.63) is 24.0 Å². The van der Waals surface area contributed by atoms with E-state index in [0.29, 0.717) is 12.6 Å². The number of aromatic amines is 1. The van der Waals surface area contributed by atoms with E-state index < -0.39 is 0 Å². The Morgan fingerprint density at radius 1 is 1.60 bits per heavy atom. The molecule has 1 aliphatic rings. The highest BCUT2D eigenvalue weighted by atomic mass is 16.1. The van der Waals surface area contributed by atoms with Gasteiger partial charge in [0.15, 0.2) is 5.78 Å². The Morgan fingerprint density at radius 2 is 2.40 bits per heavy atom. The summed E-state index contributed by atoms with van der Waals surface area (Å²) < 4.78 is 0. The predicted molar refractivity (Wildman–Crippen MR) is 60.0 cm³/mol. The normalized spacial score (nSPS) is 15.9. The van der Waals surface area contributed by atoms with E-state index in [9.17, 15) is 4.79 Å². The third-order valence-electron chi connectivity index (χ3n) is 2.82. The summed E-state index contributed by atoms with van der Waals surface area (Å²) in [6.07, 6.45) is 5.44. The molecule has 2 rings (SSSR count). The van der Waals surface area contributed by atoms with Crippen LogP contribution in [0.1, 0.15) is 36.7 Å². The molecule has 0 saturated heterocycles. The van der Waals surface area contributed by atoms with Crippen molar-refractivity contribution in [1.29, 1.82) is 0 Å². The zero-order valence-electron chi connectivity index (χ0n) is 9.20. The second-order valence-electron chi connectivity index (χ2n) is 4.21. The van der Waals surface area contributed by atoms with Crippen LogP contribution in [0.2, 0.25) is 0 Å². The molecule has 15 heavy (non-hydrogen) atoms. The van der Waals surface area contributed by atoms with Crippen LogP contribution in [0.15, 0.2) is 18.3 Å². The summed E-state index contributed by atoms with van der Waals surface area (Å²) in [6, 6.07) is 4.39. The second kappa shape index (κ2) is 4.62. The molecule has 1 aromatic heterocycles. The quantitative estimate of drug-likeness (QED) is 0.723. The van der Waals surface area contributed by atoms with Crippen molar-refractivity contribution in [2.24, 2.45) is 0 Å². The van der Waals surface area contributed by atoms with Gasteiger partial charge in [-0.05, 0) is 37.9 Å². The van der Waals surface area contributed by atoms with Crippen molar-refractivity contribution >= 4 is 5.78 Å². The number of hydrogen-bond donors (Lipinski definition) is 1. The van der Waals surface area contributed by atoms with Gasteiger partial charge in [-0.2, -0.15) is 0 Å². The molecule has 82 valence electrons. The standard InChI is InChI=1S/C12H18N2O/c1-2-8-14(10-5-6-10)9-12(15)11-4-3-7-13-11/h3-4,7,10,13H,2,5-6,8-9H2,1H3. The van der Waals surface area contributed by atoms with Crippen LogP contribution in [0, 0.1) is 0 Å². The number of carbonyl (C=O) groups excluding carboxylic acids is 1. The number of Topliss-reactive ketones (excluding diaryl/α,β-unsaturated/α-hetero) is 1. The van der Waals surface area contributed by atoms with Crippen molar-refractivity contribution in [2.75, 3.05) is 13.1 Å². The molecule has 0 spiro atoms. The van der Waals surface area contributed by atoms with Gasteiger partial charge in [0.2, 0.25) is 0 Å². The molecule has 3 heteroatoms. The van der Waals surface area contributed by atoms with E-state index in [2.05, 4.69) is 16.8 Å². The number of ketones is 1. The van der Waals surface area contributed by atoms with Crippen LogP contribution in [0.5, 0.6) is 0 Å². The molecular weight excluding hydrogens is 188 g/mol. The van der Waals surface area contributed by atoms with Gasteiger partial charge in [0.1, 0.15) is 0 Å². The maximum absolute atomic E-state index is 11.9. The topological polar surface area (TPSA) is 36.1 Å². The summed E-state index contributed by atoms with van der Waals surface area (Å²) in [5, 5.41) is 0. The van der Waals surface area contributed by atoms with Gasteiger partial charge in [-0.1, -0.05) is 6.92 Å². The van der Waals surface area contributed by atoms with Crippen LogP contribution in [0.3, 0.4) is 0 Å². The molecule has 1 aromatic rings. The molecule has 1 aliphatic carbocycles. The third kappa shape index (κ3) is 2.69. The SMILES string of the molecule is CCCN(CC(=O)c1ccc[nH]1)C1CC1. The molecule has 1 N–H and O–H groups in total. The van der Waals surface area contributed by atoms with Gasteiger partial charge in [-0.25, -0.2) is 0 Å². The fourth-order valence-electron chi connectivity index (χ4n) is 1.89. The maximum Gasteiger partial charge on any atom is 0.192 e. The van der Waals surface area contributed by atoms with Gasteiger partial charge in [0, 0.05) is 12.2 Å². The first-order chi connectivity index (χ1) is 7.31. The average molecular weight is 206 g/mol. The van der Waals surface area contributed by atoms with Crippen LogP contribution >= 0.6 is 0 Å². The highest BCUT2D eigenvalue weighted by molar-refractivity contribution is 5.95. The van der Waals surface area contributed by atoms with E-state index in [0.717, 1.165) is 18.7 Å². The summed E-state index contributed by atoms with van der Waals surface area (Å²) in [5.74, 6) is 0.209. The minimum atomic E-state index is 0.209. The van der Waals surface area contributed by atoms with Crippen LogP contribution in [-0.2, 0) is 0 Å². The van der Waals surface area contributed by atoms with Gasteiger partial charge < -0.3 is 4.98 Å². The minimum absolute atomic E-state index is 0.209. The summed E-state index contributed by atoms with van der Waals surface area (Å²) in [5.41, 5.74) is 0.733. The number of aromatic nitrogens is 1.